The maximum Gasteiger partial charge on any atom is 0.223 e. The van der Waals surface area contributed by atoms with Gasteiger partial charge in [-0.15, -0.1) is 0 Å². The molecule has 4 rings (SSSR count). The summed E-state index contributed by atoms with van der Waals surface area (Å²) in [6, 6.07) is 14.0. The van der Waals surface area contributed by atoms with E-state index in [0.29, 0.717) is 6.42 Å². The van der Waals surface area contributed by atoms with E-state index in [4.69, 9.17) is 0 Å². The van der Waals surface area contributed by atoms with Crippen LogP contribution in [0.25, 0.3) is 10.9 Å². The zero-order chi connectivity index (χ0) is 14.9. The Kier molecular flexibility index (Phi) is 3.15. The summed E-state index contributed by atoms with van der Waals surface area (Å²) in [6.45, 7) is 0.791. The number of hydrogen-bond donors (Lipinski definition) is 1. The maximum absolute atomic E-state index is 12.3. The first-order valence-corrected chi connectivity index (χ1v) is 7.61. The van der Waals surface area contributed by atoms with Crippen LogP contribution < -0.4 is 0 Å². The number of pyridine rings is 1. The SMILES string of the molecule is O=C1CCCN1C(c1ccccn1)c1c[nH]c2ccccc12. The zero-order valence-electron chi connectivity index (χ0n) is 12.2. The number of aromatic nitrogens is 2. The number of aromatic amines is 1. The van der Waals surface area contributed by atoms with Crippen molar-refractivity contribution in [3.63, 3.8) is 0 Å². The Morgan fingerprint density at radius 3 is 2.77 bits per heavy atom. The number of likely N-dealkylation sites (tertiary alicyclic amines) is 1. The van der Waals surface area contributed by atoms with Crippen LogP contribution in [-0.2, 0) is 4.79 Å². The Morgan fingerprint density at radius 1 is 1.14 bits per heavy atom. The summed E-state index contributed by atoms with van der Waals surface area (Å²) in [5.74, 6) is 0.209. The molecule has 4 nitrogen and oxygen atoms in total. The minimum Gasteiger partial charge on any atom is -0.361 e. The molecule has 22 heavy (non-hydrogen) atoms. The van der Waals surface area contributed by atoms with Crippen molar-refractivity contribution in [2.24, 2.45) is 0 Å². The number of amides is 1. The van der Waals surface area contributed by atoms with E-state index in [0.717, 1.165) is 35.1 Å². The Bertz CT molecular complexity index is 809. The number of rotatable bonds is 3. The second-order valence-corrected chi connectivity index (χ2v) is 5.64. The monoisotopic (exact) mass is 291 g/mol. The molecule has 1 aliphatic heterocycles. The van der Waals surface area contributed by atoms with E-state index < -0.39 is 0 Å². The number of H-pyrrole nitrogens is 1. The van der Waals surface area contributed by atoms with E-state index in [1.165, 1.54) is 0 Å². The number of nitrogens with one attached hydrogen (secondary N) is 1. The molecule has 1 aromatic carbocycles. The molecular formula is C18H17N3O. The van der Waals surface area contributed by atoms with Crippen LogP contribution in [0.3, 0.4) is 0 Å². The first kappa shape index (κ1) is 13.1. The van der Waals surface area contributed by atoms with Crippen LogP contribution in [0.15, 0.2) is 54.9 Å². The fraction of sp³-hybridized carbons (Fsp3) is 0.222. The number of carbonyl (C=O) groups is 1. The maximum atomic E-state index is 12.3. The molecule has 3 aromatic rings. The lowest BCUT2D eigenvalue weighted by atomic mass is 10.0. The third-order valence-electron chi connectivity index (χ3n) is 4.31. The topological polar surface area (TPSA) is 49.0 Å². The summed E-state index contributed by atoms with van der Waals surface area (Å²) < 4.78 is 0. The molecule has 4 heteroatoms. The molecule has 0 aliphatic carbocycles. The molecule has 110 valence electrons. The van der Waals surface area contributed by atoms with E-state index in [9.17, 15) is 4.79 Å². The van der Waals surface area contributed by atoms with Gasteiger partial charge in [0.05, 0.1) is 5.69 Å². The molecular weight excluding hydrogens is 274 g/mol. The van der Waals surface area contributed by atoms with Crippen molar-refractivity contribution in [2.75, 3.05) is 6.54 Å². The van der Waals surface area contributed by atoms with Gasteiger partial charge in [-0.2, -0.15) is 0 Å². The fourth-order valence-electron chi connectivity index (χ4n) is 3.29. The average Bonchev–Trinajstić information content (AvgIpc) is 3.17. The summed E-state index contributed by atoms with van der Waals surface area (Å²) in [7, 11) is 0. The summed E-state index contributed by atoms with van der Waals surface area (Å²) in [6.07, 6.45) is 5.35. The molecule has 0 saturated carbocycles. The molecule has 3 heterocycles. The van der Waals surface area contributed by atoms with Gasteiger partial charge in [0.25, 0.3) is 0 Å². The summed E-state index contributed by atoms with van der Waals surface area (Å²) in [4.78, 5) is 22.1. The predicted octanol–water partition coefficient (Wildman–Crippen LogP) is 3.27. The highest BCUT2D eigenvalue weighted by Crippen LogP contribution is 2.35. The van der Waals surface area contributed by atoms with Crippen molar-refractivity contribution < 1.29 is 4.79 Å². The Labute approximate surface area is 128 Å². The smallest absolute Gasteiger partial charge is 0.223 e. The van der Waals surface area contributed by atoms with Gasteiger partial charge >= 0.3 is 0 Å². The summed E-state index contributed by atoms with van der Waals surface area (Å²) in [5.41, 5.74) is 3.12. The molecule has 0 radical (unpaired) electrons. The predicted molar refractivity (Wildman–Crippen MR) is 85.3 cm³/mol. The van der Waals surface area contributed by atoms with E-state index >= 15 is 0 Å². The fourth-order valence-corrected chi connectivity index (χ4v) is 3.29. The van der Waals surface area contributed by atoms with Gasteiger partial charge in [-0.25, -0.2) is 0 Å². The lowest BCUT2D eigenvalue weighted by Gasteiger charge is -2.27. The number of fused-ring (bicyclic) bond motifs is 1. The first-order chi connectivity index (χ1) is 10.8. The second kappa shape index (κ2) is 5.30. The quantitative estimate of drug-likeness (QED) is 0.805. The zero-order valence-corrected chi connectivity index (χ0v) is 12.2. The van der Waals surface area contributed by atoms with Gasteiger partial charge in [-0.1, -0.05) is 24.3 Å². The summed E-state index contributed by atoms with van der Waals surface area (Å²) >= 11 is 0. The van der Waals surface area contributed by atoms with Crippen molar-refractivity contribution in [2.45, 2.75) is 18.9 Å². The molecule has 1 fully saturated rings. The van der Waals surface area contributed by atoms with Crippen molar-refractivity contribution in [1.29, 1.82) is 0 Å². The molecule has 2 aromatic heterocycles. The molecule has 1 atom stereocenters. The number of carbonyl (C=O) groups excluding carboxylic acids is 1. The second-order valence-electron chi connectivity index (χ2n) is 5.64. The average molecular weight is 291 g/mol. The van der Waals surface area contributed by atoms with E-state index in [1.807, 2.05) is 41.4 Å². The molecule has 1 N–H and O–H groups in total. The van der Waals surface area contributed by atoms with Gasteiger partial charge in [0.1, 0.15) is 6.04 Å². The van der Waals surface area contributed by atoms with Gasteiger partial charge in [0, 0.05) is 41.8 Å². The van der Waals surface area contributed by atoms with E-state index in [-0.39, 0.29) is 11.9 Å². The third-order valence-corrected chi connectivity index (χ3v) is 4.31. The lowest BCUT2D eigenvalue weighted by Crippen LogP contribution is -2.31. The van der Waals surface area contributed by atoms with Crippen LogP contribution in [0.5, 0.6) is 0 Å². The molecule has 0 spiro atoms. The van der Waals surface area contributed by atoms with Crippen LogP contribution in [0, 0.1) is 0 Å². The van der Waals surface area contributed by atoms with E-state index in [2.05, 4.69) is 22.1 Å². The Hall–Kier alpha value is -2.62. The number of benzene rings is 1. The molecule has 1 aliphatic rings. The van der Waals surface area contributed by atoms with Crippen LogP contribution in [0.2, 0.25) is 0 Å². The van der Waals surface area contributed by atoms with Gasteiger partial charge in [0.2, 0.25) is 5.91 Å². The van der Waals surface area contributed by atoms with Gasteiger partial charge < -0.3 is 9.88 Å². The first-order valence-electron chi connectivity index (χ1n) is 7.61. The number of para-hydroxylation sites is 1. The third kappa shape index (κ3) is 2.08. The lowest BCUT2D eigenvalue weighted by molar-refractivity contribution is -0.129. The van der Waals surface area contributed by atoms with Crippen LogP contribution in [-0.4, -0.2) is 27.3 Å². The molecule has 1 saturated heterocycles. The van der Waals surface area contributed by atoms with Gasteiger partial charge in [0.15, 0.2) is 0 Å². The van der Waals surface area contributed by atoms with Crippen LogP contribution in [0.1, 0.15) is 30.1 Å². The molecule has 0 bridgehead atoms. The van der Waals surface area contributed by atoms with Crippen molar-refractivity contribution >= 4 is 16.8 Å². The number of nitrogens with zero attached hydrogens (tertiary/aromatic N) is 2. The highest BCUT2D eigenvalue weighted by atomic mass is 16.2. The molecule has 1 amide bonds. The minimum atomic E-state index is -0.118. The van der Waals surface area contributed by atoms with Gasteiger partial charge in [-0.3, -0.25) is 9.78 Å². The van der Waals surface area contributed by atoms with Gasteiger partial charge in [-0.05, 0) is 24.6 Å². The minimum absolute atomic E-state index is 0.118. The van der Waals surface area contributed by atoms with Crippen molar-refractivity contribution in [3.8, 4) is 0 Å². The van der Waals surface area contributed by atoms with Crippen molar-refractivity contribution in [3.05, 3.63) is 66.1 Å². The highest BCUT2D eigenvalue weighted by Gasteiger charge is 2.32. The standard InChI is InChI=1S/C18H17N3O/c22-17-9-5-11-21(17)18(16-8-3-4-10-19-16)14-12-20-15-7-2-1-6-13(14)15/h1-4,6-8,10,12,18,20H,5,9,11H2. The summed E-state index contributed by atoms with van der Waals surface area (Å²) in [5, 5.41) is 1.15. The molecule has 1 unspecified atom stereocenters. The number of hydrogen-bond acceptors (Lipinski definition) is 2. The Morgan fingerprint density at radius 2 is 2.00 bits per heavy atom. The van der Waals surface area contributed by atoms with Crippen LogP contribution in [0.4, 0.5) is 0 Å². The van der Waals surface area contributed by atoms with Crippen molar-refractivity contribution in [1.82, 2.24) is 14.9 Å². The van der Waals surface area contributed by atoms with Crippen LogP contribution >= 0.6 is 0 Å². The largest absolute Gasteiger partial charge is 0.361 e. The Balaban J connectivity index is 1.89. The normalized spacial score (nSPS) is 16.4. The van der Waals surface area contributed by atoms with E-state index in [1.54, 1.807) is 6.20 Å². The highest BCUT2D eigenvalue weighted by molar-refractivity contribution is 5.86.